The predicted molar refractivity (Wildman–Crippen MR) is 88.8 cm³/mol. The summed E-state index contributed by atoms with van der Waals surface area (Å²) in [5.74, 6) is -2.60. The van der Waals surface area contributed by atoms with Crippen LogP contribution < -0.4 is 11.5 Å². The van der Waals surface area contributed by atoms with Crippen LogP contribution in [0, 0.1) is 0 Å². The molecule has 0 aromatic heterocycles. The van der Waals surface area contributed by atoms with Crippen molar-refractivity contribution in [1.29, 1.82) is 0 Å². The molecule has 2 aromatic rings. The van der Waals surface area contributed by atoms with Gasteiger partial charge in [0.15, 0.2) is 12.2 Å². The van der Waals surface area contributed by atoms with Crippen LogP contribution >= 0.6 is 0 Å². The van der Waals surface area contributed by atoms with Crippen molar-refractivity contribution in [2.45, 2.75) is 23.7 Å². The molecule has 1 heterocycles. The summed E-state index contributed by atoms with van der Waals surface area (Å²) in [6, 6.07) is 16.1. The van der Waals surface area contributed by atoms with Crippen molar-refractivity contribution in [3.8, 4) is 0 Å². The van der Waals surface area contributed by atoms with Gasteiger partial charge in [-0.3, -0.25) is 11.5 Å². The Morgan fingerprint density at radius 2 is 1.00 bits per heavy atom. The second kappa shape index (κ2) is 6.50. The summed E-state index contributed by atoms with van der Waals surface area (Å²) in [4.78, 5) is 24.5. The number of hydrogen-bond donors (Lipinski definition) is 4. The molecule has 1 aliphatic rings. The van der Waals surface area contributed by atoms with Gasteiger partial charge >= 0.3 is 11.9 Å². The largest absolute Gasteiger partial charge is 0.431 e. The van der Waals surface area contributed by atoms with Gasteiger partial charge < -0.3 is 19.7 Å². The zero-order chi connectivity index (χ0) is 18.9. The predicted octanol–water partition coefficient (Wildman–Crippen LogP) is -0.568. The van der Waals surface area contributed by atoms with Crippen molar-refractivity contribution in [2.75, 3.05) is 0 Å². The van der Waals surface area contributed by atoms with Gasteiger partial charge in [0, 0.05) is 11.1 Å². The number of aliphatic hydroxyl groups excluding tert-OH is 2. The minimum atomic E-state index is -2.16. The number of carbonyl (C=O) groups excluding carboxylic acids is 2. The smallest absolute Gasteiger partial charge is 0.340 e. The standard InChI is InChI=1S/C18H18N2O6/c19-17(11-7-3-1-4-8-11)18(20,12-9-5-2-6-10-12)26-16(24)14(22)13(21)15(23)25-17/h1-10,13-14,21-22H,19-20H2/t13?,14?,17-,18-/m0/s1. The van der Waals surface area contributed by atoms with Gasteiger partial charge in [-0.2, -0.15) is 0 Å². The molecule has 8 nitrogen and oxygen atoms in total. The number of benzene rings is 2. The normalized spacial score (nSPS) is 32.2. The van der Waals surface area contributed by atoms with Gasteiger partial charge in [0.1, 0.15) is 0 Å². The lowest BCUT2D eigenvalue weighted by Gasteiger charge is -2.46. The van der Waals surface area contributed by atoms with E-state index in [0.29, 0.717) is 0 Å². The highest BCUT2D eigenvalue weighted by Gasteiger charge is 2.59. The van der Waals surface area contributed by atoms with E-state index in [9.17, 15) is 19.8 Å². The summed E-state index contributed by atoms with van der Waals surface area (Å²) >= 11 is 0. The van der Waals surface area contributed by atoms with E-state index in [1.165, 1.54) is 24.3 Å². The molecule has 1 saturated heterocycles. The van der Waals surface area contributed by atoms with E-state index in [2.05, 4.69) is 0 Å². The van der Waals surface area contributed by atoms with Gasteiger partial charge in [-0.25, -0.2) is 9.59 Å². The molecule has 1 fully saturated rings. The van der Waals surface area contributed by atoms with Crippen molar-refractivity contribution < 1.29 is 29.3 Å². The molecule has 1 aliphatic heterocycles. The number of ether oxygens (including phenoxy) is 2. The van der Waals surface area contributed by atoms with Crippen molar-refractivity contribution in [2.24, 2.45) is 11.5 Å². The lowest BCUT2D eigenvalue weighted by atomic mass is 9.86. The molecule has 0 saturated carbocycles. The van der Waals surface area contributed by atoms with Gasteiger partial charge in [0.25, 0.3) is 0 Å². The Morgan fingerprint density at radius 1 is 0.692 bits per heavy atom. The van der Waals surface area contributed by atoms with Crippen LogP contribution in [0.3, 0.4) is 0 Å². The molecule has 2 aromatic carbocycles. The monoisotopic (exact) mass is 358 g/mol. The molecule has 6 N–H and O–H groups in total. The van der Waals surface area contributed by atoms with Gasteiger partial charge in [-0.1, -0.05) is 60.7 Å². The van der Waals surface area contributed by atoms with Crippen LogP contribution in [0.15, 0.2) is 60.7 Å². The zero-order valence-electron chi connectivity index (χ0n) is 13.6. The maximum atomic E-state index is 12.3. The highest BCUT2D eigenvalue weighted by atomic mass is 16.6. The maximum Gasteiger partial charge on any atom is 0.340 e. The van der Waals surface area contributed by atoms with E-state index in [-0.39, 0.29) is 11.1 Å². The average molecular weight is 358 g/mol. The van der Waals surface area contributed by atoms with E-state index in [1.54, 1.807) is 36.4 Å². The topological polar surface area (TPSA) is 145 Å². The molecule has 4 atom stereocenters. The number of rotatable bonds is 2. The summed E-state index contributed by atoms with van der Waals surface area (Å²) in [5.41, 5.74) is 8.90. The molecule has 136 valence electrons. The van der Waals surface area contributed by atoms with Crippen LogP contribution in [0.1, 0.15) is 11.1 Å². The summed E-state index contributed by atoms with van der Waals surface area (Å²) < 4.78 is 10.6. The molecule has 0 spiro atoms. The Balaban J connectivity index is 2.24. The summed E-state index contributed by atoms with van der Waals surface area (Å²) in [6.07, 6.45) is -4.32. The highest BCUT2D eigenvalue weighted by molar-refractivity contribution is 5.86. The van der Waals surface area contributed by atoms with Crippen LogP contribution in [0.5, 0.6) is 0 Å². The van der Waals surface area contributed by atoms with Crippen molar-refractivity contribution in [3.05, 3.63) is 71.8 Å². The molecule has 3 rings (SSSR count). The molecule has 8 heteroatoms. The van der Waals surface area contributed by atoms with Gasteiger partial charge in [0.05, 0.1) is 0 Å². The average Bonchev–Trinajstić information content (AvgIpc) is 2.67. The quantitative estimate of drug-likeness (QED) is 0.522. The van der Waals surface area contributed by atoms with Crippen molar-refractivity contribution in [1.82, 2.24) is 0 Å². The molecule has 0 amide bonds. The van der Waals surface area contributed by atoms with Crippen molar-refractivity contribution >= 4 is 11.9 Å². The third kappa shape index (κ3) is 2.74. The zero-order valence-corrected chi connectivity index (χ0v) is 13.6. The fraction of sp³-hybridized carbons (Fsp3) is 0.222. The molecular formula is C18H18N2O6. The Kier molecular flexibility index (Phi) is 4.51. The fourth-order valence-electron chi connectivity index (χ4n) is 2.77. The number of aliphatic hydroxyl groups is 2. The first-order valence-corrected chi connectivity index (χ1v) is 7.80. The number of esters is 2. The number of carbonyl (C=O) groups is 2. The van der Waals surface area contributed by atoms with Crippen molar-refractivity contribution in [3.63, 3.8) is 0 Å². The molecule has 0 radical (unpaired) electrons. The van der Waals surface area contributed by atoms with E-state index in [0.717, 1.165) is 0 Å². The number of hydrogen-bond acceptors (Lipinski definition) is 8. The first-order valence-electron chi connectivity index (χ1n) is 7.80. The molecular weight excluding hydrogens is 340 g/mol. The van der Waals surface area contributed by atoms with Crippen LogP contribution in [-0.2, 0) is 30.5 Å². The number of cyclic esters (lactones) is 2. The first kappa shape index (κ1) is 18.0. The van der Waals surface area contributed by atoms with E-state index in [4.69, 9.17) is 20.9 Å². The van der Waals surface area contributed by atoms with Crippen LogP contribution in [0.25, 0.3) is 0 Å². The Morgan fingerprint density at radius 3 is 1.31 bits per heavy atom. The summed E-state index contributed by atoms with van der Waals surface area (Å²) in [6.45, 7) is 0. The SMILES string of the molecule is N[C@@]1(c2ccccc2)OC(=O)C(O)C(O)C(=O)O[C@@]1(N)c1ccccc1. The third-order valence-corrected chi connectivity index (χ3v) is 4.26. The fourth-order valence-corrected chi connectivity index (χ4v) is 2.77. The lowest BCUT2D eigenvalue weighted by molar-refractivity contribution is -0.245. The minimum absolute atomic E-state index is 0.232. The second-order valence-corrected chi connectivity index (χ2v) is 5.94. The molecule has 0 aliphatic carbocycles. The van der Waals surface area contributed by atoms with Crippen LogP contribution in [-0.4, -0.2) is 34.4 Å². The van der Waals surface area contributed by atoms with E-state index < -0.39 is 35.6 Å². The van der Waals surface area contributed by atoms with Crippen LogP contribution in [0.4, 0.5) is 0 Å². The summed E-state index contributed by atoms with van der Waals surface area (Å²) in [7, 11) is 0. The van der Waals surface area contributed by atoms with E-state index in [1.807, 2.05) is 0 Å². The number of nitrogens with two attached hydrogens (primary N) is 2. The maximum absolute atomic E-state index is 12.3. The van der Waals surface area contributed by atoms with Gasteiger partial charge in [-0.05, 0) is 0 Å². The molecule has 26 heavy (non-hydrogen) atoms. The Labute approximate surface area is 148 Å². The summed E-state index contributed by atoms with van der Waals surface area (Å²) in [5, 5.41) is 19.6. The van der Waals surface area contributed by atoms with Gasteiger partial charge in [-0.15, -0.1) is 0 Å². The Bertz CT molecular complexity index is 745. The highest BCUT2D eigenvalue weighted by Crippen LogP contribution is 2.40. The van der Waals surface area contributed by atoms with Crippen LogP contribution in [0.2, 0.25) is 0 Å². The van der Waals surface area contributed by atoms with E-state index >= 15 is 0 Å². The third-order valence-electron chi connectivity index (χ3n) is 4.26. The second-order valence-electron chi connectivity index (χ2n) is 5.94. The Hall–Kier alpha value is -2.78. The van der Waals surface area contributed by atoms with Gasteiger partial charge in [0.2, 0.25) is 11.4 Å². The first-order chi connectivity index (χ1) is 12.3. The molecule has 2 unspecified atom stereocenters. The lowest BCUT2D eigenvalue weighted by Crippen LogP contribution is -2.68. The minimum Gasteiger partial charge on any atom is -0.431 e. The molecule has 0 bridgehead atoms.